The number of aromatic nitrogens is 2. The van der Waals surface area contributed by atoms with Crippen molar-refractivity contribution in [3.63, 3.8) is 0 Å². The molecule has 0 aliphatic heterocycles. The zero-order chi connectivity index (χ0) is 17.1. The molecule has 2 aromatic rings. The van der Waals surface area contributed by atoms with Gasteiger partial charge in [-0.3, -0.25) is 4.79 Å². The summed E-state index contributed by atoms with van der Waals surface area (Å²) in [7, 11) is 3.70. The third-order valence-electron chi connectivity index (χ3n) is 5.02. The first kappa shape index (κ1) is 16.5. The van der Waals surface area contributed by atoms with Crippen LogP contribution < -0.4 is 15.9 Å². The van der Waals surface area contributed by atoms with Crippen LogP contribution in [0.2, 0.25) is 0 Å². The summed E-state index contributed by atoms with van der Waals surface area (Å²) >= 11 is 0. The van der Waals surface area contributed by atoms with Crippen LogP contribution in [0.4, 0.5) is 5.82 Å². The third kappa shape index (κ3) is 3.00. The number of aryl methyl sites for hydroxylation is 1. The van der Waals surface area contributed by atoms with Crippen LogP contribution in [0, 0.1) is 0 Å². The van der Waals surface area contributed by atoms with E-state index in [-0.39, 0.29) is 5.49 Å². The van der Waals surface area contributed by atoms with Crippen molar-refractivity contribution >= 4 is 16.7 Å². The fraction of sp³-hybridized carbons (Fsp3) is 0.500. The zero-order valence-corrected chi connectivity index (χ0v) is 14.3. The fourth-order valence-corrected chi connectivity index (χ4v) is 3.58. The lowest BCUT2D eigenvalue weighted by atomic mass is 10.1. The molecule has 1 heterocycles. The van der Waals surface area contributed by atoms with Gasteiger partial charge in [0, 0.05) is 25.5 Å². The Kier molecular flexibility index (Phi) is 4.83. The SMILES string of the molecule is CN(c1nc(=NO)c(=O)n(C)c2ccccc12)C1CCCCCC1. The molecule has 3 rings (SSSR count). The second-order valence-electron chi connectivity index (χ2n) is 6.50. The van der Waals surface area contributed by atoms with E-state index < -0.39 is 5.56 Å². The topological polar surface area (TPSA) is 70.7 Å². The van der Waals surface area contributed by atoms with Gasteiger partial charge in [-0.1, -0.05) is 43.0 Å². The quantitative estimate of drug-likeness (QED) is 0.522. The summed E-state index contributed by atoms with van der Waals surface area (Å²) in [4.78, 5) is 19.0. The Morgan fingerprint density at radius 2 is 1.88 bits per heavy atom. The Morgan fingerprint density at radius 1 is 1.21 bits per heavy atom. The van der Waals surface area contributed by atoms with Crippen molar-refractivity contribution in [2.24, 2.45) is 12.2 Å². The number of hydrogen-bond acceptors (Lipinski definition) is 5. The van der Waals surface area contributed by atoms with Crippen LogP contribution in [0.3, 0.4) is 0 Å². The minimum atomic E-state index is -0.408. The maximum Gasteiger partial charge on any atom is 0.299 e. The average molecular weight is 328 g/mol. The van der Waals surface area contributed by atoms with E-state index in [2.05, 4.69) is 15.0 Å². The molecule has 0 radical (unpaired) electrons. The molecule has 0 bridgehead atoms. The molecular weight excluding hydrogens is 304 g/mol. The average Bonchev–Trinajstić information content (AvgIpc) is 2.94. The summed E-state index contributed by atoms with van der Waals surface area (Å²) in [6, 6.07) is 8.08. The van der Waals surface area contributed by atoms with Crippen LogP contribution in [0.25, 0.3) is 10.9 Å². The first-order valence-electron chi connectivity index (χ1n) is 8.54. The molecule has 24 heavy (non-hydrogen) atoms. The van der Waals surface area contributed by atoms with Gasteiger partial charge in [0.15, 0.2) is 0 Å². The molecule has 1 saturated carbocycles. The van der Waals surface area contributed by atoms with E-state index in [1.807, 2.05) is 31.3 Å². The largest absolute Gasteiger partial charge is 0.409 e. The lowest BCUT2D eigenvalue weighted by Gasteiger charge is -2.28. The van der Waals surface area contributed by atoms with E-state index in [4.69, 9.17) is 0 Å². The van der Waals surface area contributed by atoms with E-state index in [0.29, 0.717) is 11.9 Å². The second-order valence-corrected chi connectivity index (χ2v) is 6.50. The minimum absolute atomic E-state index is 0.177. The highest BCUT2D eigenvalue weighted by atomic mass is 16.4. The van der Waals surface area contributed by atoms with Crippen molar-refractivity contribution in [2.75, 3.05) is 11.9 Å². The minimum Gasteiger partial charge on any atom is -0.409 e. The summed E-state index contributed by atoms with van der Waals surface area (Å²) in [5.41, 5.74) is 0.193. The van der Waals surface area contributed by atoms with Crippen molar-refractivity contribution in [1.29, 1.82) is 0 Å². The highest BCUT2D eigenvalue weighted by Gasteiger charge is 2.20. The van der Waals surface area contributed by atoms with Gasteiger partial charge in [-0.05, 0) is 25.0 Å². The lowest BCUT2D eigenvalue weighted by Crippen LogP contribution is -2.35. The molecule has 0 saturated heterocycles. The van der Waals surface area contributed by atoms with Crippen LogP contribution in [0.15, 0.2) is 34.2 Å². The Bertz CT molecular complexity index is 852. The standard InChI is InChI=1S/C18H24N4O2/c1-21(13-9-5-3-4-6-10-13)17-14-11-7-8-12-15(14)22(2)18(23)16(19-17)20-24/h7-8,11-13,24H,3-6,9-10H2,1-2H3. The molecule has 1 aromatic heterocycles. The molecule has 0 amide bonds. The van der Waals surface area contributed by atoms with Crippen molar-refractivity contribution in [1.82, 2.24) is 9.55 Å². The van der Waals surface area contributed by atoms with Crippen LogP contribution in [0.5, 0.6) is 0 Å². The Morgan fingerprint density at radius 3 is 2.54 bits per heavy atom. The lowest BCUT2D eigenvalue weighted by molar-refractivity contribution is 0.297. The van der Waals surface area contributed by atoms with Gasteiger partial charge in [0.2, 0.25) is 0 Å². The van der Waals surface area contributed by atoms with Crippen LogP contribution in [-0.2, 0) is 7.05 Å². The molecule has 6 nitrogen and oxygen atoms in total. The molecular formula is C18H24N4O2. The maximum atomic E-state index is 12.4. The molecule has 0 atom stereocenters. The Hall–Kier alpha value is -2.37. The Balaban J connectivity index is 2.25. The number of fused-ring (bicyclic) bond motifs is 1. The number of nitrogens with zero attached hydrogens (tertiary/aromatic N) is 4. The number of anilines is 1. The molecule has 1 aliphatic carbocycles. The van der Waals surface area contributed by atoms with Gasteiger partial charge in [-0.25, -0.2) is 4.98 Å². The van der Waals surface area contributed by atoms with Gasteiger partial charge in [0.1, 0.15) is 5.82 Å². The van der Waals surface area contributed by atoms with Gasteiger partial charge in [0.25, 0.3) is 11.0 Å². The highest BCUT2D eigenvalue weighted by Crippen LogP contribution is 2.27. The predicted molar refractivity (Wildman–Crippen MR) is 94.2 cm³/mol. The van der Waals surface area contributed by atoms with E-state index in [0.717, 1.165) is 23.7 Å². The Labute approximate surface area is 141 Å². The van der Waals surface area contributed by atoms with Gasteiger partial charge >= 0.3 is 0 Å². The number of hydrogen-bond donors (Lipinski definition) is 1. The van der Waals surface area contributed by atoms with Crippen LogP contribution in [-0.4, -0.2) is 27.8 Å². The summed E-state index contributed by atoms with van der Waals surface area (Å²) in [6.45, 7) is 0. The molecule has 1 aromatic carbocycles. The monoisotopic (exact) mass is 328 g/mol. The van der Waals surface area contributed by atoms with Crippen LogP contribution >= 0.6 is 0 Å². The molecule has 1 aliphatic rings. The zero-order valence-electron chi connectivity index (χ0n) is 14.3. The van der Waals surface area contributed by atoms with Crippen LogP contribution in [0.1, 0.15) is 38.5 Å². The van der Waals surface area contributed by atoms with Gasteiger partial charge in [0.05, 0.1) is 5.52 Å². The van der Waals surface area contributed by atoms with Gasteiger partial charge in [-0.15, -0.1) is 0 Å². The van der Waals surface area contributed by atoms with Crippen molar-refractivity contribution < 1.29 is 5.21 Å². The first-order valence-corrected chi connectivity index (χ1v) is 8.54. The molecule has 128 valence electrons. The van der Waals surface area contributed by atoms with E-state index in [9.17, 15) is 10.0 Å². The molecule has 0 unspecified atom stereocenters. The predicted octanol–water partition coefficient (Wildman–Crippen LogP) is 2.38. The van der Waals surface area contributed by atoms with E-state index in [1.165, 1.54) is 30.3 Å². The normalized spacial score (nSPS) is 17.0. The van der Waals surface area contributed by atoms with Crippen molar-refractivity contribution in [3.05, 3.63) is 40.1 Å². The fourth-order valence-electron chi connectivity index (χ4n) is 3.58. The van der Waals surface area contributed by atoms with Gasteiger partial charge in [-0.2, -0.15) is 0 Å². The van der Waals surface area contributed by atoms with E-state index >= 15 is 0 Å². The second kappa shape index (κ2) is 7.03. The smallest absolute Gasteiger partial charge is 0.299 e. The summed E-state index contributed by atoms with van der Waals surface area (Å²) < 4.78 is 1.49. The van der Waals surface area contributed by atoms with Crippen molar-refractivity contribution in [3.8, 4) is 0 Å². The summed E-state index contributed by atoms with van der Waals surface area (Å²) in [5, 5.41) is 13.3. The molecule has 1 fully saturated rings. The molecule has 1 N–H and O–H groups in total. The maximum absolute atomic E-state index is 12.4. The first-order chi connectivity index (χ1) is 11.6. The number of rotatable bonds is 2. The number of para-hydroxylation sites is 1. The van der Waals surface area contributed by atoms with Gasteiger partial charge < -0.3 is 14.7 Å². The van der Waals surface area contributed by atoms with E-state index in [1.54, 1.807) is 7.05 Å². The number of benzene rings is 1. The highest BCUT2D eigenvalue weighted by molar-refractivity contribution is 5.89. The third-order valence-corrected chi connectivity index (χ3v) is 5.02. The van der Waals surface area contributed by atoms with Crippen molar-refractivity contribution in [2.45, 2.75) is 44.6 Å². The molecule has 0 spiro atoms. The summed E-state index contributed by atoms with van der Waals surface area (Å²) in [5.74, 6) is 0.697. The molecule has 6 heteroatoms. The summed E-state index contributed by atoms with van der Waals surface area (Å²) in [6.07, 6.45) is 7.21.